The van der Waals surface area contributed by atoms with Gasteiger partial charge in [-0.15, -0.1) is 0 Å². The van der Waals surface area contributed by atoms with Gasteiger partial charge in [-0.05, 0) is 18.9 Å². The maximum atomic E-state index is 11.7. The quantitative estimate of drug-likeness (QED) is 0.608. The van der Waals surface area contributed by atoms with E-state index in [9.17, 15) is 15.3 Å². The first-order valence-electron chi connectivity index (χ1n) is 7.15. The molecule has 0 radical (unpaired) electrons. The largest absolute Gasteiger partial charge is 0.301 e. The third-order valence-corrected chi connectivity index (χ3v) is 4.50. The summed E-state index contributed by atoms with van der Waals surface area (Å²) in [6.45, 7) is 3.92. The minimum absolute atomic E-state index is 0.383. The molecule has 21 heavy (non-hydrogen) atoms. The SMILES string of the molecule is CCC/C=C(/C)C1(C#N)C(c2ccccc2)C1(C#N)C=O. The monoisotopic (exact) mass is 278 g/mol. The van der Waals surface area contributed by atoms with Crippen molar-refractivity contribution in [2.24, 2.45) is 10.8 Å². The van der Waals surface area contributed by atoms with Gasteiger partial charge in [-0.2, -0.15) is 10.5 Å². The fourth-order valence-corrected chi connectivity index (χ4v) is 3.32. The zero-order valence-electron chi connectivity index (χ0n) is 12.3. The molecule has 0 bridgehead atoms. The molecule has 3 heteroatoms. The van der Waals surface area contributed by atoms with Gasteiger partial charge in [-0.25, -0.2) is 0 Å². The molecule has 0 spiro atoms. The van der Waals surface area contributed by atoms with Crippen molar-refractivity contribution in [3.8, 4) is 12.1 Å². The van der Waals surface area contributed by atoms with Crippen LogP contribution >= 0.6 is 0 Å². The molecule has 0 saturated heterocycles. The van der Waals surface area contributed by atoms with E-state index in [1.165, 1.54) is 0 Å². The number of allylic oxidation sites excluding steroid dienone is 2. The van der Waals surface area contributed by atoms with E-state index in [2.05, 4.69) is 19.1 Å². The standard InChI is InChI=1S/C18H18N2O/c1-3-4-8-14(2)18(12-20)16(17(18,11-19)13-21)15-9-6-5-7-10-15/h5-10,13,16H,3-4H2,1-2H3/b14-8-. The Kier molecular flexibility index (Phi) is 3.96. The van der Waals surface area contributed by atoms with Gasteiger partial charge in [0.2, 0.25) is 0 Å². The molecule has 0 aromatic heterocycles. The Labute approximate surface area is 125 Å². The fraction of sp³-hybridized carbons (Fsp3) is 0.389. The van der Waals surface area contributed by atoms with E-state index >= 15 is 0 Å². The highest BCUT2D eigenvalue weighted by molar-refractivity contribution is 5.81. The lowest BCUT2D eigenvalue weighted by Crippen LogP contribution is -2.13. The molecule has 1 aliphatic carbocycles. The summed E-state index contributed by atoms with van der Waals surface area (Å²) in [5, 5.41) is 19.3. The van der Waals surface area contributed by atoms with Crippen LogP contribution in [0.5, 0.6) is 0 Å². The number of nitrogens with zero attached hydrogens (tertiary/aromatic N) is 2. The fourth-order valence-electron chi connectivity index (χ4n) is 3.32. The van der Waals surface area contributed by atoms with E-state index in [-0.39, 0.29) is 5.92 Å². The number of carbonyl (C=O) groups is 1. The molecule has 106 valence electrons. The number of hydrogen-bond donors (Lipinski definition) is 0. The van der Waals surface area contributed by atoms with Gasteiger partial charge in [0, 0.05) is 5.92 Å². The zero-order chi connectivity index (χ0) is 15.5. The highest BCUT2D eigenvalue weighted by atomic mass is 16.1. The third kappa shape index (κ3) is 1.89. The van der Waals surface area contributed by atoms with E-state index in [1.54, 1.807) is 0 Å². The van der Waals surface area contributed by atoms with Gasteiger partial charge < -0.3 is 4.79 Å². The predicted octanol–water partition coefficient (Wildman–Crippen LogP) is 3.75. The number of carbonyl (C=O) groups excluding carboxylic acids is 1. The van der Waals surface area contributed by atoms with Crippen LogP contribution in [0.15, 0.2) is 42.0 Å². The van der Waals surface area contributed by atoms with Gasteiger partial charge in [-0.3, -0.25) is 0 Å². The normalized spacial score (nSPS) is 31.0. The van der Waals surface area contributed by atoms with Crippen molar-refractivity contribution in [3.63, 3.8) is 0 Å². The molecule has 3 nitrogen and oxygen atoms in total. The average Bonchev–Trinajstić information content (AvgIpc) is 3.17. The lowest BCUT2D eigenvalue weighted by Gasteiger charge is -2.10. The second-order valence-corrected chi connectivity index (χ2v) is 5.54. The van der Waals surface area contributed by atoms with Crippen molar-refractivity contribution in [3.05, 3.63) is 47.5 Å². The number of unbranched alkanes of at least 4 members (excludes halogenated alkanes) is 1. The van der Waals surface area contributed by atoms with E-state index in [0.29, 0.717) is 6.29 Å². The van der Waals surface area contributed by atoms with Crippen molar-refractivity contribution in [2.75, 3.05) is 0 Å². The Bertz CT molecular complexity index is 650. The van der Waals surface area contributed by atoms with Crippen molar-refractivity contribution in [2.45, 2.75) is 32.6 Å². The molecular weight excluding hydrogens is 260 g/mol. The maximum Gasteiger partial charge on any atom is 0.144 e. The van der Waals surface area contributed by atoms with Gasteiger partial charge in [0.1, 0.15) is 17.1 Å². The number of aldehydes is 1. The van der Waals surface area contributed by atoms with Gasteiger partial charge in [0.05, 0.1) is 12.1 Å². The van der Waals surface area contributed by atoms with Gasteiger partial charge in [-0.1, -0.05) is 55.3 Å². The first-order valence-corrected chi connectivity index (χ1v) is 7.15. The smallest absolute Gasteiger partial charge is 0.144 e. The van der Waals surface area contributed by atoms with Crippen LogP contribution in [-0.4, -0.2) is 6.29 Å². The first kappa shape index (κ1) is 15.0. The summed E-state index contributed by atoms with van der Waals surface area (Å²) >= 11 is 0. The molecule has 0 amide bonds. The summed E-state index contributed by atoms with van der Waals surface area (Å²) in [5.41, 5.74) is -0.594. The van der Waals surface area contributed by atoms with Crippen molar-refractivity contribution in [1.29, 1.82) is 10.5 Å². The second-order valence-electron chi connectivity index (χ2n) is 5.54. The lowest BCUT2D eigenvalue weighted by atomic mass is 9.88. The first-order chi connectivity index (χ1) is 10.1. The van der Waals surface area contributed by atoms with Gasteiger partial charge >= 0.3 is 0 Å². The predicted molar refractivity (Wildman–Crippen MR) is 80.0 cm³/mol. The van der Waals surface area contributed by atoms with Crippen LogP contribution in [0, 0.1) is 33.5 Å². The Hall–Kier alpha value is -2.39. The molecule has 1 aromatic carbocycles. The van der Waals surface area contributed by atoms with E-state index in [4.69, 9.17) is 0 Å². The van der Waals surface area contributed by atoms with E-state index < -0.39 is 10.8 Å². The molecule has 1 saturated carbocycles. The van der Waals surface area contributed by atoms with Gasteiger partial charge in [0.15, 0.2) is 0 Å². The molecule has 2 rings (SSSR count). The van der Waals surface area contributed by atoms with E-state index in [0.717, 1.165) is 24.0 Å². The van der Waals surface area contributed by atoms with Crippen LogP contribution in [0.25, 0.3) is 0 Å². The summed E-state index contributed by atoms with van der Waals surface area (Å²) < 4.78 is 0. The van der Waals surface area contributed by atoms with Crippen molar-refractivity contribution >= 4 is 6.29 Å². The molecule has 1 fully saturated rings. The zero-order valence-corrected chi connectivity index (χ0v) is 12.3. The Morgan fingerprint density at radius 3 is 2.43 bits per heavy atom. The Balaban J connectivity index is 2.57. The molecule has 0 heterocycles. The highest BCUT2D eigenvalue weighted by Crippen LogP contribution is 2.75. The van der Waals surface area contributed by atoms with Crippen LogP contribution in [0.2, 0.25) is 0 Å². The van der Waals surface area contributed by atoms with Crippen LogP contribution < -0.4 is 0 Å². The second kappa shape index (κ2) is 5.54. The van der Waals surface area contributed by atoms with Gasteiger partial charge in [0.25, 0.3) is 0 Å². The summed E-state index contributed by atoms with van der Waals surface area (Å²) in [6, 6.07) is 13.8. The van der Waals surface area contributed by atoms with Crippen LogP contribution in [-0.2, 0) is 4.79 Å². The van der Waals surface area contributed by atoms with E-state index in [1.807, 2.05) is 43.3 Å². The lowest BCUT2D eigenvalue weighted by molar-refractivity contribution is -0.111. The van der Waals surface area contributed by atoms with Crippen LogP contribution in [0.3, 0.4) is 0 Å². The molecule has 1 aromatic rings. The molecule has 3 atom stereocenters. The number of rotatable bonds is 5. The Morgan fingerprint density at radius 2 is 1.95 bits per heavy atom. The minimum atomic E-state index is -1.27. The van der Waals surface area contributed by atoms with Crippen LogP contribution in [0.4, 0.5) is 0 Å². The molecule has 0 N–H and O–H groups in total. The molecular formula is C18H18N2O. The topological polar surface area (TPSA) is 64.7 Å². The third-order valence-electron chi connectivity index (χ3n) is 4.50. The molecule has 0 aliphatic heterocycles. The number of nitriles is 2. The maximum absolute atomic E-state index is 11.7. The van der Waals surface area contributed by atoms with Crippen molar-refractivity contribution in [1.82, 2.24) is 0 Å². The highest BCUT2D eigenvalue weighted by Gasteiger charge is 2.80. The minimum Gasteiger partial charge on any atom is -0.301 e. The molecule has 1 aliphatic rings. The van der Waals surface area contributed by atoms with Crippen LogP contribution in [0.1, 0.15) is 38.2 Å². The Morgan fingerprint density at radius 1 is 1.29 bits per heavy atom. The van der Waals surface area contributed by atoms with Crippen molar-refractivity contribution < 1.29 is 4.79 Å². The summed E-state index contributed by atoms with van der Waals surface area (Å²) in [6.07, 6.45) is 4.46. The number of benzene rings is 1. The number of hydrogen-bond acceptors (Lipinski definition) is 3. The molecule has 3 unspecified atom stereocenters. The summed E-state index contributed by atoms with van der Waals surface area (Å²) in [5.74, 6) is -0.383. The summed E-state index contributed by atoms with van der Waals surface area (Å²) in [7, 11) is 0. The summed E-state index contributed by atoms with van der Waals surface area (Å²) in [4.78, 5) is 11.7. The average molecular weight is 278 g/mol.